The largest absolute Gasteiger partial charge is 0.433 e. The number of nitrogens with zero attached hydrogens (tertiary/aromatic N) is 2. The number of nitrogens with one attached hydrogen (secondary N) is 2. The number of hydrogen-bond acceptors (Lipinski definition) is 4. The molecule has 0 aromatic carbocycles. The van der Waals surface area contributed by atoms with Crippen LogP contribution in [-0.4, -0.2) is 23.6 Å². The van der Waals surface area contributed by atoms with Crippen LogP contribution in [0.25, 0.3) is 0 Å². The number of aromatic nitrogens is 2. The van der Waals surface area contributed by atoms with Crippen molar-refractivity contribution in [3.05, 3.63) is 11.8 Å². The van der Waals surface area contributed by atoms with E-state index in [9.17, 15) is 13.2 Å². The van der Waals surface area contributed by atoms with Crippen molar-refractivity contribution in [3.8, 4) is 0 Å². The first-order chi connectivity index (χ1) is 7.97. The van der Waals surface area contributed by atoms with E-state index in [0.29, 0.717) is 6.54 Å². The SMILES string of the molecule is CCCCNc1cc(C(F)(F)F)nc(NC)n1. The number of hydrogen-bond donors (Lipinski definition) is 2. The molecule has 1 heterocycles. The summed E-state index contributed by atoms with van der Waals surface area (Å²) in [7, 11) is 1.48. The summed E-state index contributed by atoms with van der Waals surface area (Å²) in [5.41, 5.74) is -0.948. The van der Waals surface area contributed by atoms with Crippen LogP contribution in [0.1, 0.15) is 25.5 Å². The fraction of sp³-hybridized carbons (Fsp3) is 0.600. The topological polar surface area (TPSA) is 49.8 Å². The Morgan fingerprint density at radius 3 is 2.53 bits per heavy atom. The molecule has 0 saturated carbocycles. The summed E-state index contributed by atoms with van der Waals surface area (Å²) in [4.78, 5) is 7.27. The van der Waals surface area contributed by atoms with Gasteiger partial charge in [0.15, 0.2) is 5.69 Å². The third-order valence-electron chi connectivity index (χ3n) is 2.08. The highest BCUT2D eigenvalue weighted by Crippen LogP contribution is 2.29. The van der Waals surface area contributed by atoms with Crippen LogP contribution in [-0.2, 0) is 6.18 Å². The second kappa shape index (κ2) is 5.70. The third kappa shape index (κ3) is 4.08. The molecule has 1 rings (SSSR count). The molecular formula is C10H15F3N4. The molecule has 0 atom stereocenters. The lowest BCUT2D eigenvalue weighted by Gasteiger charge is -2.11. The van der Waals surface area contributed by atoms with Gasteiger partial charge in [0.05, 0.1) is 0 Å². The fourth-order valence-corrected chi connectivity index (χ4v) is 1.19. The lowest BCUT2D eigenvalue weighted by atomic mass is 10.3. The van der Waals surface area contributed by atoms with Gasteiger partial charge < -0.3 is 10.6 Å². The molecule has 1 aromatic rings. The Bertz CT molecular complexity index is 365. The van der Waals surface area contributed by atoms with Crippen LogP contribution < -0.4 is 10.6 Å². The van der Waals surface area contributed by atoms with Crippen LogP contribution >= 0.6 is 0 Å². The van der Waals surface area contributed by atoms with Crippen LogP contribution in [0.4, 0.5) is 24.9 Å². The van der Waals surface area contributed by atoms with Gasteiger partial charge in [-0.2, -0.15) is 18.2 Å². The zero-order valence-electron chi connectivity index (χ0n) is 9.73. The van der Waals surface area contributed by atoms with Crippen LogP contribution in [0.2, 0.25) is 0 Å². The van der Waals surface area contributed by atoms with Gasteiger partial charge in [0, 0.05) is 19.7 Å². The average Bonchev–Trinajstić information content (AvgIpc) is 2.28. The Morgan fingerprint density at radius 1 is 1.29 bits per heavy atom. The van der Waals surface area contributed by atoms with Gasteiger partial charge in [0.25, 0.3) is 0 Å². The fourth-order valence-electron chi connectivity index (χ4n) is 1.19. The molecule has 0 fully saturated rings. The molecule has 0 aliphatic heterocycles. The second-order valence-corrected chi connectivity index (χ2v) is 3.49. The molecule has 0 unspecified atom stereocenters. The van der Waals surface area contributed by atoms with Gasteiger partial charge in [-0.1, -0.05) is 13.3 Å². The van der Waals surface area contributed by atoms with Crippen molar-refractivity contribution in [1.82, 2.24) is 9.97 Å². The molecule has 2 N–H and O–H groups in total. The molecule has 96 valence electrons. The first-order valence-electron chi connectivity index (χ1n) is 5.35. The lowest BCUT2D eigenvalue weighted by molar-refractivity contribution is -0.141. The van der Waals surface area contributed by atoms with Gasteiger partial charge in [-0.3, -0.25) is 0 Å². The number of halogens is 3. The molecule has 0 aliphatic rings. The smallest absolute Gasteiger partial charge is 0.370 e. The minimum absolute atomic E-state index is 0.0428. The average molecular weight is 248 g/mol. The Morgan fingerprint density at radius 2 is 2.00 bits per heavy atom. The molecule has 0 bridgehead atoms. The molecule has 0 amide bonds. The first-order valence-corrected chi connectivity index (χ1v) is 5.35. The van der Waals surface area contributed by atoms with E-state index in [1.807, 2.05) is 6.92 Å². The first kappa shape index (κ1) is 13.5. The van der Waals surface area contributed by atoms with Crippen molar-refractivity contribution < 1.29 is 13.2 Å². The van der Waals surface area contributed by atoms with Crippen LogP contribution in [0.5, 0.6) is 0 Å². The van der Waals surface area contributed by atoms with Crippen LogP contribution in [0.3, 0.4) is 0 Å². The molecule has 0 saturated heterocycles. The van der Waals surface area contributed by atoms with Gasteiger partial charge in [0.1, 0.15) is 5.82 Å². The molecule has 0 radical (unpaired) electrons. The summed E-state index contributed by atoms with van der Waals surface area (Å²) in [5.74, 6) is 0.143. The summed E-state index contributed by atoms with van der Waals surface area (Å²) in [6.07, 6.45) is -2.63. The van der Waals surface area contributed by atoms with E-state index < -0.39 is 11.9 Å². The van der Waals surface area contributed by atoms with E-state index >= 15 is 0 Å². The Balaban J connectivity index is 2.89. The maximum absolute atomic E-state index is 12.5. The number of anilines is 2. The Hall–Kier alpha value is -1.53. The molecule has 1 aromatic heterocycles. The van der Waals surface area contributed by atoms with Gasteiger partial charge in [-0.25, -0.2) is 4.98 Å². The van der Waals surface area contributed by atoms with Crippen molar-refractivity contribution >= 4 is 11.8 Å². The summed E-state index contributed by atoms with van der Waals surface area (Å²) in [6, 6.07) is 0.913. The minimum Gasteiger partial charge on any atom is -0.370 e. The van der Waals surface area contributed by atoms with E-state index in [4.69, 9.17) is 0 Å². The zero-order chi connectivity index (χ0) is 12.9. The van der Waals surface area contributed by atoms with Crippen LogP contribution in [0, 0.1) is 0 Å². The highest BCUT2D eigenvalue weighted by atomic mass is 19.4. The summed E-state index contributed by atoms with van der Waals surface area (Å²) in [5, 5.41) is 5.35. The highest BCUT2D eigenvalue weighted by Gasteiger charge is 2.33. The summed E-state index contributed by atoms with van der Waals surface area (Å²) >= 11 is 0. The predicted molar refractivity (Wildman–Crippen MR) is 60.0 cm³/mol. The normalized spacial score (nSPS) is 11.4. The van der Waals surface area contributed by atoms with Crippen molar-refractivity contribution in [3.63, 3.8) is 0 Å². The van der Waals surface area contributed by atoms with E-state index in [1.54, 1.807) is 0 Å². The third-order valence-corrected chi connectivity index (χ3v) is 2.08. The maximum atomic E-state index is 12.5. The summed E-state index contributed by atoms with van der Waals surface area (Å²) in [6.45, 7) is 2.59. The lowest BCUT2D eigenvalue weighted by Crippen LogP contribution is -2.13. The van der Waals surface area contributed by atoms with Gasteiger partial charge in [-0.05, 0) is 6.42 Å². The Labute approximate surface area is 97.7 Å². The second-order valence-electron chi connectivity index (χ2n) is 3.49. The zero-order valence-corrected chi connectivity index (χ0v) is 9.73. The number of unbranched alkanes of at least 4 members (excludes halogenated alkanes) is 1. The van der Waals surface area contributed by atoms with E-state index in [2.05, 4.69) is 20.6 Å². The van der Waals surface area contributed by atoms with Crippen molar-refractivity contribution in [2.45, 2.75) is 25.9 Å². The standard InChI is InChI=1S/C10H15F3N4/c1-3-4-5-15-8-6-7(10(11,12)13)16-9(14-2)17-8/h6H,3-5H2,1-2H3,(H2,14,15,16,17). The molecule has 0 spiro atoms. The molecule has 17 heavy (non-hydrogen) atoms. The van der Waals surface area contributed by atoms with Crippen LogP contribution in [0.15, 0.2) is 6.07 Å². The summed E-state index contributed by atoms with van der Waals surface area (Å²) < 4.78 is 37.6. The monoisotopic (exact) mass is 248 g/mol. The van der Waals surface area contributed by atoms with Gasteiger partial charge in [0.2, 0.25) is 5.95 Å². The van der Waals surface area contributed by atoms with Crippen molar-refractivity contribution in [2.75, 3.05) is 24.2 Å². The van der Waals surface area contributed by atoms with Gasteiger partial charge in [-0.15, -0.1) is 0 Å². The van der Waals surface area contributed by atoms with Gasteiger partial charge >= 0.3 is 6.18 Å². The molecule has 7 heteroatoms. The molecule has 4 nitrogen and oxygen atoms in total. The number of rotatable bonds is 5. The minimum atomic E-state index is -4.46. The number of alkyl halides is 3. The van der Waals surface area contributed by atoms with E-state index in [0.717, 1.165) is 18.9 Å². The van der Waals surface area contributed by atoms with Crippen molar-refractivity contribution in [2.24, 2.45) is 0 Å². The Kier molecular flexibility index (Phi) is 4.53. The van der Waals surface area contributed by atoms with Crippen molar-refractivity contribution in [1.29, 1.82) is 0 Å². The molecular weight excluding hydrogens is 233 g/mol. The molecule has 0 aliphatic carbocycles. The quantitative estimate of drug-likeness (QED) is 0.787. The van der Waals surface area contributed by atoms with E-state index in [-0.39, 0.29) is 11.8 Å². The van der Waals surface area contributed by atoms with E-state index in [1.165, 1.54) is 7.05 Å². The highest BCUT2D eigenvalue weighted by molar-refractivity contribution is 5.42. The predicted octanol–water partition coefficient (Wildman–Crippen LogP) is 2.75. The maximum Gasteiger partial charge on any atom is 0.433 e.